The van der Waals surface area contributed by atoms with E-state index in [1.165, 1.54) is 5.56 Å². The molecule has 1 amide bonds. The first-order valence-corrected chi connectivity index (χ1v) is 8.66. The Labute approximate surface area is 156 Å². The van der Waals surface area contributed by atoms with Crippen molar-refractivity contribution in [3.63, 3.8) is 0 Å². The van der Waals surface area contributed by atoms with E-state index in [0.717, 1.165) is 12.2 Å². The highest BCUT2D eigenvalue weighted by molar-refractivity contribution is 6.04. The van der Waals surface area contributed by atoms with Gasteiger partial charge < -0.3 is 19.5 Å². The highest BCUT2D eigenvalue weighted by Crippen LogP contribution is 2.32. The van der Waals surface area contributed by atoms with E-state index in [-0.39, 0.29) is 19.4 Å². The normalized spacial score (nSPS) is 12.0. The number of nitrogens with one attached hydrogen (secondary N) is 1. The maximum Gasteiger partial charge on any atom is 0.255 e. The van der Waals surface area contributed by atoms with E-state index in [0.29, 0.717) is 22.7 Å². The summed E-state index contributed by atoms with van der Waals surface area (Å²) in [5.41, 5.74) is 2.33. The minimum Gasteiger partial charge on any atom is -0.471 e. The van der Waals surface area contributed by atoms with Crippen LogP contribution in [0.2, 0.25) is 0 Å². The van der Waals surface area contributed by atoms with Gasteiger partial charge >= 0.3 is 0 Å². The molecule has 1 aliphatic heterocycles. The van der Waals surface area contributed by atoms with Crippen molar-refractivity contribution in [3.8, 4) is 17.2 Å². The van der Waals surface area contributed by atoms with Gasteiger partial charge in [0.25, 0.3) is 5.91 Å². The Morgan fingerprint density at radius 2 is 2.00 bits per heavy atom. The van der Waals surface area contributed by atoms with Gasteiger partial charge in [-0.05, 0) is 42.3 Å². The number of amides is 1. The van der Waals surface area contributed by atoms with E-state index in [1.807, 2.05) is 24.3 Å². The second-order valence-corrected chi connectivity index (χ2v) is 6.06. The van der Waals surface area contributed by atoms with Crippen molar-refractivity contribution in [3.05, 3.63) is 66.0 Å². The molecule has 138 valence electrons. The third kappa shape index (κ3) is 3.87. The minimum absolute atomic E-state index is 0.175. The number of carbonyl (C=O) groups excluding carboxylic acids is 1. The minimum atomic E-state index is -0.246. The predicted molar refractivity (Wildman–Crippen MR) is 99.2 cm³/mol. The van der Waals surface area contributed by atoms with Crippen LogP contribution in [0.4, 0.5) is 5.69 Å². The summed E-state index contributed by atoms with van der Waals surface area (Å²) in [5.74, 6) is 1.74. The second-order valence-electron chi connectivity index (χ2n) is 6.06. The number of aromatic nitrogens is 2. The first-order chi connectivity index (χ1) is 13.2. The van der Waals surface area contributed by atoms with E-state index in [2.05, 4.69) is 17.3 Å². The summed E-state index contributed by atoms with van der Waals surface area (Å²) < 4.78 is 17.9. The Morgan fingerprint density at radius 1 is 1.19 bits per heavy atom. The molecule has 0 saturated heterocycles. The lowest BCUT2D eigenvalue weighted by Gasteiger charge is -2.07. The van der Waals surface area contributed by atoms with E-state index in [1.54, 1.807) is 35.3 Å². The molecule has 0 spiro atoms. The van der Waals surface area contributed by atoms with Gasteiger partial charge in [0, 0.05) is 5.56 Å². The van der Waals surface area contributed by atoms with Gasteiger partial charge in [0.2, 0.25) is 6.79 Å². The molecule has 0 aliphatic carbocycles. The predicted octanol–water partition coefficient (Wildman–Crippen LogP) is 3.46. The summed E-state index contributed by atoms with van der Waals surface area (Å²) in [6.45, 7) is 2.54. The molecule has 1 aliphatic rings. The standard InChI is InChI=1S/C20H19N3O4/c1-2-14-3-6-17(7-4-14)25-12-23-11-16(10-21-23)22-20(24)15-5-8-18-19(9-15)27-13-26-18/h3-11H,2,12-13H2,1H3,(H,22,24). The van der Waals surface area contributed by atoms with Gasteiger partial charge in [0.15, 0.2) is 18.2 Å². The summed E-state index contributed by atoms with van der Waals surface area (Å²) in [5, 5.41) is 7.01. The molecule has 7 heteroatoms. The number of carbonyl (C=O) groups is 1. The van der Waals surface area contributed by atoms with E-state index < -0.39 is 0 Å². The van der Waals surface area contributed by atoms with Crippen molar-refractivity contribution in [2.45, 2.75) is 20.1 Å². The van der Waals surface area contributed by atoms with Gasteiger partial charge in [-0.1, -0.05) is 19.1 Å². The summed E-state index contributed by atoms with van der Waals surface area (Å²) in [6, 6.07) is 13.0. The van der Waals surface area contributed by atoms with Crippen LogP contribution in [0.1, 0.15) is 22.8 Å². The number of hydrogen-bond donors (Lipinski definition) is 1. The van der Waals surface area contributed by atoms with Gasteiger partial charge in [0.05, 0.1) is 18.1 Å². The van der Waals surface area contributed by atoms with Gasteiger partial charge in [-0.3, -0.25) is 4.79 Å². The molecular weight excluding hydrogens is 346 g/mol. The molecular formula is C20H19N3O4. The third-order valence-corrected chi connectivity index (χ3v) is 4.22. The largest absolute Gasteiger partial charge is 0.471 e. The quantitative estimate of drug-likeness (QED) is 0.724. The molecule has 1 N–H and O–H groups in total. The molecule has 0 radical (unpaired) electrons. The lowest BCUT2D eigenvalue weighted by molar-refractivity contribution is 0.102. The average molecular weight is 365 g/mol. The summed E-state index contributed by atoms with van der Waals surface area (Å²) in [7, 11) is 0. The summed E-state index contributed by atoms with van der Waals surface area (Å²) >= 11 is 0. The number of aryl methyl sites for hydroxylation is 1. The smallest absolute Gasteiger partial charge is 0.255 e. The van der Waals surface area contributed by atoms with Crippen LogP contribution in [0.15, 0.2) is 54.9 Å². The number of fused-ring (bicyclic) bond motifs is 1. The monoisotopic (exact) mass is 365 g/mol. The summed E-state index contributed by atoms with van der Waals surface area (Å²) in [6.07, 6.45) is 4.28. The lowest BCUT2D eigenvalue weighted by atomic mass is 10.2. The van der Waals surface area contributed by atoms with Crippen LogP contribution in [0.25, 0.3) is 0 Å². The number of rotatable bonds is 6. The van der Waals surface area contributed by atoms with Gasteiger partial charge in [-0.2, -0.15) is 5.10 Å². The molecule has 2 heterocycles. The Kier molecular flexibility index (Phi) is 4.65. The highest BCUT2D eigenvalue weighted by atomic mass is 16.7. The van der Waals surface area contributed by atoms with Crippen molar-refractivity contribution >= 4 is 11.6 Å². The number of benzene rings is 2. The zero-order valence-electron chi connectivity index (χ0n) is 14.8. The van der Waals surface area contributed by atoms with E-state index in [9.17, 15) is 4.79 Å². The van der Waals surface area contributed by atoms with E-state index in [4.69, 9.17) is 14.2 Å². The SMILES string of the molecule is CCc1ccc(OCn2cc(NC(=O)c3ccc4c(c3)OCO4)cn2)cc1. The Balaban J connectivity index is 1.35. The molecule has 2 aromatic carbocycles. The van der Waals surface area contributed by atoms with Crippen LogP contribution >= 0.6 is 0 Å². The van der Waals surface area contributed by atoms with Crippen LogP contribution in [0.3, 0.4) is 0 Å². The van der Waals surface area contributed by atoms with Crippen molar-refractivity contribution < 1.29 is 19.0 Å². The fourth-order valence-corrected chi connectivity index (χ4v) is 2.70. The fraction of sp³-hybridized carbons (Fsp3) is 0.200. The first-order valence-electron chi connectivity index (χ1n) is 8.66. The van der Waals surface area contributed by atoms with Gasteiger partial charge in [-0.15, -0.1) is 0 Å². The van der Waals surface area contributed by atoms with Crippen molar-refractivity contribution in [1.29, 1.82) is 0 Å². The van der Waals surface area contributed by atoms with Crippen LogP contribution in [0.5, 0.6) is 17.2 Å². The average Bonchev–Trinajstić information content (AvgIpc) is 3.35. The van der Waals surface area contributed by atoms with Crippen LogP contribution in [-0.2, 0) is 13.2 Å². The molecule has 7 nitrogen and oxygen atoms in total. The molecule has 0 atom stereocenters. The van der Waals surface area contributed by atoms with Gasteiger partial charge in [0.1, 0.15) is 5.75 Å². The Morgan fingerprint density at radius 3 is 2.81 bits per heavy atom. The highest BCUT2D eigenvalue weighted by Gasteiger charge is 2.16. The Bertz CT molecular complexity index is 950. The molecule has 0 unspecified atom stereocenters. The Hall–Kier alpha value is -3.48. The number of anilines is 1. The van der Waals surface area contributed by atoms with Crippen molar-refractivity contribution in [2.75, 3.05) is 12.1 Å². The van der Waals surface area contributed by atoms with Gasteiger partial charge in [-0.25, -0.2) is 4.68 Å². The molecule has 27 heavy (non-hydrogen) atoms. The molecule has 0 fully saturated rings. The number of nitrogens with zero attached hydrogens (tertiary/aromatic N) is 2. The summed E-state index contributed by atoms with van der Waals surface area (Å²) in [4.78, 5) is 12.4. The van der Waals surface area contributed by atoms with Crippen LogP contribution in [-0.4, -0.2) is 22.5 Å². The molecule has 0 bridgehead atoms. The van der Waals surface area contributed by atoms with E-state index >= 15 is 0 Å². The van der Waals surface area contributed by atoms with Crippen molar-refractivity contribution in [2.24, 2.45) is 0 Å². The van der Waals surface area contributed by atoms with Crippen molar-refractivity contribution in [1.82, 2.24) is 9.78 Å². The molecule has 4 rings (SSSR count). The zero-order valence-corrected chi connectivity index (χ0v) is 14.8. The maximum atomic E-state index is 12.4. The third-order valence-electron chi connectivity index (χ3n) is 4.22. The lowest BCUT2D eigenvalue weighted by Crippen LogP contribution is -2.11. The maximum absolute atomic E-state index is 12.4. The second kappa shape index (κ2) is 7.41. The number of ether oxygens (including phenoxy) is 3. The van der Waals surface area contributed by atoms with Crippen LogP contribution in [0, 0.1) is 0 Å². The molecule has 1 aromatic heterocycles. The topological polar surface area (TPSA) is 74.6 Å². The first kappa shape index (κ1) is 17.0. The molecule has 0 saturated carbocycles. The fourth-order valence-electron chi connectivity index (χ4n) is 2.70. The zero-order chi connectivity index (χ0) is 18.6. The van der Waals surface area contributed by atoms with Crippen LogP contribution < -0.4 is 19.5 Å². The number of hydrogen-bond acceptors (Lipinski definition) is 5. The molecule has 3 aromatic rings.